The lowest BCUT2D eigenvalue weighted by molar-refractivity contribution is 0.0889. The van der Waals surface area contributed by atoms with E-state index in [1.54, 1.807) is 24.1 Å². The summed E-state index contributed by atoms with van der Waals surface area (Å²) in [5, 5.41) is 7.43. The number of aromatic nitrogens is 2. The molecule has 26 heavy (non-hydrogen) atoms. The minimum atomic E-state index is -0.0239. The Labute approximate surface area is 155 Å². The molecule has 1 saturated heterocycles. The van der Waals surface area contributed by atoms with Crippen molar-refractivity contribution in [2.75, 3.05) is 20.2 Å². The van der Waals surface area contributed by atoms with Gasteiger partial charge in [0.15, 0.2) is 0 Å². The van der Waals surface area contributed by atoms with Crippen molar-refractivity contribution >= 4 is 5.91 Å². The summed E-state index contributed by atoms with van der Waals surface area (Å²) in [6.45, 7) is 5.64. The van der Waals surface area contributed by atoms with Gasteiger partial charge in [-0.05, 0) is 49.6 Å². The number of ether oxygens (including phenoxy) is 1. The Morgan fingerprint density at radius 1 is 1.38 bits per heavy atom. The fourth-order valence-corrected chi connectivity index (χ4v) is 3.52. The van der Waals surface area contributed by atoms with Crippen LogP contribution in [0.3, 0.4) is 0 Å². The third-order valence-corrected chi connectivity index (χ3v) is 4.77. The van der Waals surface area contributed by atoms with Crippen molar-refractivity contribution in [3.63, 3.8) is 0 Å². The molecule has 1 fully saturated rings. The number of rotatable bonds is 7. The van der Waals surface area contributed by atoms with Gasteiger partial charge >= 0.3 is 0 Å². The highest BCUT2D eigenvalue weighted by Crippen LogP contribution is 2.18. The van der Waals surface area contributed by atoms with Crippen LogP contribution >= 0.6 is 0 Å². The predicted octanol–water partition coefficient (Wildman–Crippen LogP) is 2.70. The smallest absolute Gasteiger partial charge is 0.269 e. The van der Waals surface area contributed by atoms with Crippen LogP contribution < -0.4 is 10.1 Å². The van der Waals surface area contributed by atoms with Gasteiger partial charge in [-0.2, -0.15) is 5.10 Å². The van der Waals surface area contributed by atoms with Crippen LogP contribution in [0.5, 0.6) is 5.75 Å². The molecule has 1 N–H and O–H groups in total. The van der Waals surface area contributed by atoms with Crippen molar-refractivity contribution in [1.29, 1.82) is 0 Å². The Hall–Kier alpha value is -2.34. The molecule has 0 aliphatic carbocycles. The molecule has 1 atom stereocenters. The van der Waals surface area contributed by atoms with E-state index in [-0.39, 0.29) is 11.9 Å². The first-order chi connectivity index (χ1) is 12.7. The van der Waals surface area contributed by atoms with Gasteiger partial charge in [-0.3, -0.25) is 14.4 Å². The molecule has 3 rings (SSSR count). The van der Waals surface area contributed by atoms with Crippen molar-refractivity contribution in [3.8, 4) is 5.75 Å². The monoisotopic (exact) mass is 356 g/mol. The second kappa shape index (κ2) is 8.85. The molecule has 6 nitrogen and oxygen atoms in total. The molecular weight excluding hydrogens is 328 g/mol. The van der Waals surface area contributed by atoms with Gasteiger partial charge in [0.05, 0.1) is 7.11 Å². The zero-order valence-corrected chi connectivity index (χ0v) is 15.6. The summed E-state index contributed by atoms with van der Waals surface area (Å²) >= 11 is 0. The number of methoxy groups -OCH3 is 1. The zero-order valence-electron chi connectivity index (χ0n) is 15.6. The number of amides is 1. The maximum absolute atomic E-state index is 12.6. The quantitative estimate of drug-likeness (QED) is 0.829. The fourth-order valence-electron chi connectivity index (χ4n) is 3.52. The van der Waals surface area contributed by atoms with E-state index >= 15 is 0 Å². The molecule has 2 heterocycles. The number of nitrogens with one attached hydrogen (secondary N) is 1. The third-order valence-electron chi connectivity index (χ3n) is 4.77. The number of benzene rings is 1. The van der Waals surface area contributed by atoms with Crippen LogP contribution in [0.4, 0.5) is 0 Å². The lowest BCUT2D eigenvalue weighted by Crippen LogP contribution is -2.47. The summed E-state index contributed by atoms with van der Waals surface area (Å²) < 4.78 is 7.09. The zero-order chi connectivity index (χ0) is 18.4. The van der Waals surface area contributed by atoms with Gasteiger partial charge in [-0.1, -0.05) is 19.1 Å². The minimum absolute atomic E-state index is 0.0239. The van der Waals surface area contributed by atoms with Crippen LogP contribution in [0, 0.1) is 0 Å². The first-order valence-corrected chi connectivity index (χ1v) is 9.37. The van der Waals surface area contributed by atoms with E-state index in [4.69, 9.17) is 4.74 Å². The molecule has 2 aromatic rings. The first-order valence-electron chi connectivity index (χ1n) is 9.37. The molecule has 0 unspecified atom stereocenters. The highest BCUT2D eigenvalue weighted by atomic mass is 16.5. The maximum atomic E-state index is 12.6. The van der Waals surface area contributed by atoms with Crippen LogP contribution in [0.1, 0.15) is 42.2 Å². The normalized spacial score (nSPS) is 17.8. The SMILES string of the molecule is CCCn1nccc1C(=O)N[C@@H]1CCCN(Cc2cccc(OC)c2)C1. The molecule has 1 aliphatic rings. The molecule has 1 aliphatic heterocycles. The van der Waals surface area contributed by atoms with E-state index in [0.29, 0.717) is 5.69 Å². The average molecular weight is 356 g/mol. The number of piperidine rings is 1. The Kier molecular flexibility index (Phi) is 6.28. The molecule has 0 saturated carbocycles. The first kappa shape index (κ1) is 18.5. The van der Waals surface area contributed by atoms with Crippen molar-refractivity contribution in [3.05, 3.63) is 47.8 Å². The molecule has 140 valence electrons. The number of aryl methyl sites for hydroxylation is 1. The van der Waals surface area contributed by atoms with Gasteiger partial charge in [-0.25, -0.2) is 0 Å². The Morgan fingerprint density at radius 2 is 2.27 bits per heavy atom. The van der Waals surface area contributed by atoms with Crippen molar-refractivity contribution in [2.45, 2.75) is 45.3 Å². The summed E-state index contributed by atoms with van der Waals surface area (Å²) in [5.41, 5.74) is 1.88. The second-order valence-electron chi connectivity index (χ2n) is 6.84. The number of carbonyl (C=O) groups excluding carboxylic acids is 1. The minimum Gasteiger partial charge on any atom is -0.497 e. The molecular formula is C20H28N4O2. The van der Waals surface area contributed by atoms with Crippen LogP contribution in [-0.2, 0) is 13.1 Å². The molecule has 6 heteroatoms. The predicted molar refractivity (Wildman–Crippen MR) is 101 cm³/mol. The summed E-state index contributed by atoms with van der Waals surface area (Å²) in [6, 6.07) is 10.1. The van der Waals surface area contributed by atoms with Crippen molar-refractivity contribution in [2.24, 2.45) is 0 Å². The fraction of sp³-hybridized carbons (Fsp3) is 0.500. The van der Waals surface area contributed by atoms with Gasteiger partial charge in [-0.15, -0.1) is 0 Å². The molecule has 0 radical (unpaired) electrons. The lowest BCUT2D eigenvalue weighted by atomic mass is 10.0. The van der Waals surface area contributed by atoms with E-state index in [2.05, 4.69) is 34.4 Å². The number of likely N-dealkylation sites (tertiary alicyclic amines) is 1. The van der Waals surface area contributed by atoms with Crippen LogP contribution in [0.2, 0.25) is 0 Å². The molecule has 1 aromatic heterocycles. The number of carbonyl (C=O) groups is 1. The van der Waals surface area contributed by atoms with Crippen LogP contribution in [-0.4, -0.2) is 46.8 Å². The summed E-state index contributed by atoms with van der Waals surface area (Å²) in [6.07, 6.45) is 4.76. The average Bonchev–Trinajstić information content (AvgIpc) is 3.11. The lowest BCUT2D eigenvalue weighted by Gasteiger charge is -2.33. The van der Waals surface area contributed by atoms with Gasteiger partial charge < -0.3 is 10.1 Å². The Bertz CT molecular complexity index is 728. The Balaban J connectivity index is 1.57. The van der Waals surface area contributed by atoms with Crippen molar-refractivity contribution < 1.29 is 9.53 Å². The largest absolute Gasteiger partial charge is 0.497 e. The van der Waals surface area contributed by atoms with E-state index < -0.39 is 0 Å². The third kappa shape index (κ3) is 4.64. The number of nitrogens with zero attached hydrogens (tertiary/aromatic N) is 3. The second-order valence-corrected chi connectivity index (χ2v) is 6.84. The number of hydrogen-bond donors (Lipinski definition) is 1. The summed E-state index contributed by atoms with van der Waals surface area (Å²) in [4.78, 5) is 15.0. The highest BCUT2D eigenvalue weighted by molar-refractivity contribution is 5.92. The molecule has 1 amide bonds. The molecule has 0 spiro atoms. The summed E-state index contributed by atoms with van der Waals surface area (Å²) in [5.74, 6) is 0.859. The topological polar surface area (TPSA) is 59.4 Å². The van der Waals surface area contributed by atoms with Gasteiger partial charge in [0.1, 0.15) is 11.4 Å². The standard InChI is InChI=1S/C20H28N4O2/c1-3-11-24-19(9-10-21-24)20(25)22-17-7-5-12-23(15-17)14-16-6-4-8-18(13-16)26-2/h4,6,8-10,13,17H,3,5,7,11-12,14-15H2,1-2H3,(H,22,25)/t17-/m1/s1. The van der Waals surface area contributed by atoms with E-state index in [1.807, 2.05) is 12.1 Å². The molecule has 1 aromatic carbocycles. The molecule has 0 bridgehead atoms. The van der Waals surface area contributed by atoms with Crippen molar-refractivity contribution in [1.82, 2.24) is 20.0 Å². The van der Waals surface area contributed by atoms with E-state index in [9.17, 15) is 4.79 Å². The van der Waals surface area contributed by atoms with Gasteiger partial charge in [0, 0.05) is 31.9 Å². The summed E-state index contributed by atoms with van der Waals surface area (Å²) in [7, 11) is 1.69. The van der Waals surface area contributed by atoms with Gasteiger partial charge in [0.2, 0.25) is 0 Å². The van der Waals surface area contributed by atoms with Crippen LogP contribution in [0.25, 0.3) is 0 Å². The van der Waals surface area contributed by atoms with E-state index in [1.165, 1.54) is 5.56 Å². The maximum Gasteiger partial charge on any atom is 0.269 e. The van der Waals surface area contributed by atoms with Gasteiger partial charge in [0.25, 0.3) is 5.91 Å². The van der Waals surface area contributed by atoms with E-state index in [0.717, 1.165) is 51.2 Å². The number of hydrogen-bond acceptors (Lipinski definition) is 4. The highest BCUT2D eigenvalue weighted by Gasteiger charge is 2.23. The Morgan fingerprint density at radius 3 is 3.08 bits per heavy atom. The van der Waals surface area contributed by atoms with Crippen LogP contribution in [0.15, 0.2) is 36.5 Å².